The number of nitrogens with one attached hydrogen (secondary N) is 1. The summed E-state index contributed by atoms with van der Waals surface area (Å²) < 4.78 is 5.95. The molecule has 2 aromatic carbocycles. The molecular formula is C17H14BrN3O3. The van der Waals surface area contributed by atoms with Crippen LogP contribution >= 0.6 is 15.9 Å². The molecule has 122 valence electrons. The van der Waals surface area contributed by atoms with Crippen molar-refractivity contribution in [2.45, 2.75) is 6.42 Å². The van der Waals surface area contributed by atoms with E-state index >= 15 is 0 Å². The number of carbonyl (C=O) groups excluding carboxylic acids is 2. The summed E-state index contributed by atoms with van der Waals surface area (Å²) in [4.78, 5) is 24.6. The fourth-order valence-corrected chi connectivity index (χ4v) is 2.69. The number of carbonyl (C=O) groups is 2. The van der Waals surface area contributed by atoms with Gasteiger partial charge in [0.05, 0.1) is 24.8 Å². The van der Waals surface area contributed by atoms with Gasteiger partial charge in [0, 0.05) is 4.47 Å². The van der Waals surface area contributed by atoms with Crippen LogP contribution in [0.1, 0.15) is 16.8 Å². The highest BCUT2D eigenvalue weighted by molar-refractivity contribution is 9.10. The fraction of sp³-hybridized carbons (Fsp3) is 0.118. The maximum absolute atomic E-state index is 12.5. The minimum absolute atomic E-state index is 0.0386. The number of para-hydroxylation sites is 1. The van der Waals surface area contributed by atoms with Gasteiger partial charge in [0.15, 0.2) is 0 Å². The topological polar surface area (TPSA) is 71.0 Å². The van der Waals surface area contributed by atoms with Gasteiger partial charge in [0.1, 0.15) is 11.6 Å². The third kappa shape index (κ3) is 3.30. The first-order chi connectivity index (χ1) is 11.6. The van der Waals surface area contributed by atoms with Crippen LogP contribution < -0.4 is 15.1 Å². The number of benzene rings is 2. The van der Waals surface area contributed by atoms with Crippen molar-refractivity contribution in [1.29, 1.82) is 0 Å². The summed E-state index contributed by atoms with van der Waals surface area (Å²) in [5.74, 6) is 0.170. The third-order valence-corrected chi connectivity index (χ3v) is 3.93. The molecule has 0 spiro atoms. The van der Waals surface area contributed by atoms with Gasteiger partial charge in [0.2, 0.25) is 0 Å². The van der Waals surface area contributed by atoms with Gasteiger partial charge in [-0.05, 0) is 30.3 Å². The van der Waals surface area contributed by atoms with Crippen LogP contribution in [0.2, 0.25) is 0 Å². The molecule has 0 saturated heterocycles. The lowest BCUT2D eigenvalue weighted by Crippen LogP contribution is -2.30. The Balaban J connectivity index is 1.80. The lowest BCUT2D eigenvalue weighted by molar-refractivity contribution is -0.116. The lowest BCUT2D eigenvalue weighted by atomic mass is 10.2. The van der Waals surface area contributed by atoms with Crippen LogP contribution in [-0.2, 0) is 4.79 Å². The number of methoxy groups -OCH3 is 1. The predicted molar refractivity (Wildman–Crippen MR) is 94.1 cm³/mol. The molecular weight excluding hydrogens is 374 g/mol. The average molecular weight is 388 g/mol. The number of hydrogen-bond donors (Lipinski definition) is 1. The molecule has 0 bridgehead atoms. The summed E-state index contributed by atoms with van der Waals surface area (Å²) in [6.45, 7) is 0. The second kappa shape index (κ2) is 6.84. The van der Waals surface area contributed by atoms with Crippen molar-refractivity contribution in [3.8, 4) is 5.75 Å². The van der Waals surface area contributed by atoms with Gasteiger partial charge in [-0.2, -0.15) is 10.1 Å². The number of ether oxygens (including phenoxy) is 1. The van der Waals surface area contributed by atoms with Crippen LogP contribution in [0.5, 0.6) is 5.75 Å². The zero-order valence-electron chi connectivity index (χ0n) is 12.8. The number of halogens is 1. The monoisotopic (exact) mass is 387 g/mol. The van der Waals surface area contributed by atoms with Crippen molar-refractivity contribution in [3.63, 3.8) is 0 Å². The molecule has 0 aromatic heterocycles. The standard InChI is InChI=1S/C17H14BrN3O3/c1-24-14-8-7-11(18)9-13(14)17(23)19-15-10-16(22)21(20-15)12-5-3-2-4-6-12/h2-9H,10H2,1H3,(H,19,20,23). The third-order valence-electron chi connectivity index (χ3n) is 3.44. The van der Waals surface area contributed by atoms with Crippen molar-refractivity contribution < 1.29 is 14.3 Å². The second-order valence-corrected chi connectivity index (χ2v) is 5.98. The van der Waals surface area contributed by atoms with E-state index in [4.69, 9.17) is 4.74 Å². The first-order valence-corrected chi connectivity index (χ1v) is 7.98. The molecule has 0 saturated carbocycles. The highest BCUT2D eigenvalue weighted by Crippen LogP contribution is 2.24. The van der Waals surface area contributed by atoms with Crippen LogP contribution in [-0.4, -0.2) is 24.8 Å². The number of hydrazone groups is 1. The SMILES string of the molecule is COc1ccc(Br)cc1C(=O)NC1=NN(c2ccccc2)C(=O)C1. The number of anilines is 1. The number of nitrogens with zero attached hydrogens (tertiary/aromatic N) is 2. The van der Waals surface area contributed by atoms with Crippen molar-refractivity contribution in [1.82, 2.24) is 5.32 Å². The fourth-order valence-electron chi connectivity index (χ4n) is 2.33. The minimum atomic E-state index is -0.380. The van der Waals surface area contributed by atoms with Gasteiger partial charge in [0.25, 0.3) is 11.8 Å². The van der Waals surface area contributed by atoms with Crippen LogP contribution in [0.3, 0.4) is 0 Å². The van der Waals surface area contributed by atoms with Crippen molar-refractivity contribution in [3.05, 3.63) is 58.6 Å². The van der Waals surface area contributed by atoms with E-state index in [0.29, 0.717) is 22.8 Å². The highest BCUT2D eigenvalue weighted by Gasteiger charge is 2.27. The lowest BCUT2D eigenvalue weighted by Gasteiger charge is -2.10. The highest BCUT2D eigenvalue weighted by atomic mass is 79.9. The zero-order valence-corrected chi connectivity index (χ0v) is 14.4. The number of amides is 2. The Kier molecular flexibility index (Phi) is 4.61. The molecule has 1 aliphatic rings. The molecule has 0 atom stereocenters. The molecule has 7 heteroatoms. The Hall–Kier alpha value is -2.67. The van der Waals surface area contributed by atoms with Gasteiger partial charge in [-0.25, -0.2) is 0 Å². The normalized spacial score (nSPS) is 13.7. The molecule has 1 N–H and O–H groups in total. The smallest absolute Gasteiger partial charge is 0.260 e. The minimum Gasteiger partial charge on any atom is -0.496 e. The summed E-state index contributed by atoms with van der Waals surface area (Å²) in [5.41, 5.74) is 1.02. The Morgan fingerprint density at radius 3 is 2.71 bits per heavy atom. The van der Waals surface area contributed by atoms with Crippen molar-refractivity contribution >= 4 is 39.3 Å². The Morgan fingerprint density at radius 2 is 2.00 bits per heavy atom. The number of hydrogen-bond acceptors (Lipinski definition) is 4. The molecule has 24 heavy (non-hydrogen) atoms. The molecule has 0 aliphatic carbocycles. The quantitative estimate of drug-likeness (QED) is 0.879. The summed E-state index contributed by atoms with van der Waals surface area (Å²) in [6.07, 6.45) is 0.0386. The van der Waals surface area contributed by atoms with E-state index in [-0.39, 0.29) is 18.2 Å². The first-order valence-electron chi connectivity index (χ1n) is 7.19. The molecule has 1 heterocycles. The average Bonchev–Trinajstić information content (AvgIpc) is 2.96. The van der Waals surface area contributed by atoms with Gasteiger partial charge in [-0.3, -0.25) is 9.59 Å². The van der Waals surface area contributed by atoms with Gasteiger partial charge in [-0.15, -0.1) is 0 Å². The first kappa shape index (κ1) is 16.2. The number of rotatable bonds is 3. The van der Waals surface area contributed by atoms with E-state index in [9.17, 15) is 9.59 Å². The molecule has 0 radical (unpaired) electrons. The van der Waals surface area contributed by atoms with E-state index in [1.165, 1.54) is 12.1 Å². The van der Waals surface area contributed by atoms with Gasteiger partial charge >= 0.3 is 0 Å². The maximum Gasteiger partial charge on any atom is 0.260 e. The maximum atomic E-state index is 12.5. The van der Waals surface area contributed by atoms with Gasteiger partial charge in [-0.1, -0.05) is 34.1 Å². The van der Waals surface area contributed by atoms with Crippen molar-refractivity contribution in [2.24, 2.45) is 5.10 Å². The van der Waals surface area contributed by atoms with Crippen molar-refractivity contribution in [2.75, 3.05) is 12.1 Å². The summed E-state index contributed by atoms with van der Waals surface area (Å²) in [6, 6.07) is 14.2. The molecule has 0 fully saturated rings. The van der Waals surface area contributed by atoms with Gasteiger partial charge < -0.3 is 10.1 Å². The summed E-state index contributed by atoms with van der Waals surface area (Å²) in [5, 5.41) is 8.16. The molecule has 6 nitrogen and oxygen atoms in total. The summed E-state index contributed by atoms with van der Waals surface area (Å²) in [7, 11) is 1.49. The molecule has 1 aliphatic heterocycles. The van der Waals surface area contributed by atoms with E-state index in [1.54, 1.807) is 30.3 Å². The van der Waals surface area contributed by atoms with Crippen LogP contribution in [0.15, 0.2) is 58.1 Å². The molecule has 0 unspecified atom stereocenters. The molecule has 3 rings (SSSR count). The Bertz CT molecular complexity index is 821. The van der Waals surface area contributed by atoms with Crippen LogP contribution in [0, 0.1) is 0 Å². The summed E-state index contributed by atoms with van der Waals surface area (Å²) >= 11 is 3.33. The van der Waals surface area contributed by atoms with E-state index in [1.807, 2.05) is 18.2 Å². The van der Waals surface area contributed by atoms with E-state index < -0.39 is 0 Å². The predicted octanol–water partition coefficient (Wildman–Crippen LogP) is 2.94. The Morgan fingerprint density at radius 1 is 1.25 bits per heavy atom. The molecule has 2 aromatic rings. The van der Waals surface area contributed by atoms with E-state index in [2.05, 4.69) is 26.3 Å². The largest absolute Gasteiger partial charge is 0.496 e. The Labute approximate surface area is 147 Å². The number of amidine groups is 1. The molecule has 2 amide bonds. The second-order valence-electron chi connectivity index (χ2n) is 5.06. The zero-order chi connectivity index (χ0) is 17.1. The van der Waals surface area contributed by atoms with E-state index in [0.717, 1.165) is 4.47 Å². The van der Waals surface area contributed by atoms with Crippen LogP contribution in [0.25, 0.3) is 0 Å². The van der Waals surface area contributed by atoms with Crippen LogP contribution in [0.4, 0.5) is 5.69 Å².